The van der Waals surface area contributed by atoms with E-state index in [0.717, 1.165) is 41.3 Å². The molecule has 0 amide bonds. The Morgan fingerprint density at radius 3 is 1.23 bits per heavy atom. The number of hydrogen-bond acceptors (Lipinski definition) is 2. The smallest absolute Gasteiger partial charge is 0.182 e. The van der Waals surface area contributed by atoms with Crippen LogP contribution in [0.3, 0.4) is 0 Å². The first-order chi connectivity index (χ1) is 30.4. The first kappa shape index (κ1) is 47.4. The molecule has 338 valence electrons. The lowest BCUT2D eigenvalue weighted by Crippen LogP contribution is -2.24. The highest BCUT2D eigenvalue weighted by molar-refractivity contribution is 5.83. The Bertz CT molecular complexity index is 2620. The molecule has 0 radical (unpaired) electrons. The SMILES string of the molecule is Cc1cc(C)cc(-c2nc(-c3ccccc3)n(-c3c(C(C)C)cc(-c4cc(-c5ccc(C(C)(C)CC(C)(C)C)cc5)cc(-c5ccc(C(C)(C)CC(C)(C)C)cc5)c4)cc3C(C)C)n2)c1. The first-order valence-corrected chi connectivity index (χ1v) is 24.0. The summed E-state index contributed by atoms with van der Waals surface area (Å²) < 4.78 is 2.14. The molecule has 1 heterocycles. The van der Waals surface area contributed by atoms with Crippen LogP contribution < -0.4 is 0 Å². The molecule has 0 atom stereocenters. The topological polar surface area (TPSA) is 30.7 Å². The zero-order chi connectivity index (χ0) is 47.2. The van der Waals surface area contributed by atoms with Crippen molar-refractivity contribution in [2.45, 2.75) is 146 Å². The lowest BCUT2D eigenvalue weighted by Gasteiger charge is -2.33. The molecular weight excluding hydrogens is 787 g/mol. The zero-order valence-electron chi connectivity index (χ0n) is 42.5. The van der Waals surface area contributed by atoms with E-state index in [-0.39, 0.29) is 33.5 Å². The maximum Gasteiger partial charge on any atom is 0.182 e. The predicted molar refractivity (Wildman–Crippen MR) is 280 cm³/mol. The van der Waals surface area contributed by atoms with Crippen molar-refractivity contribution in [3.8, 4) is 61.8 Å². The van der Waals surface area contributed by atoms with Crippen molar-refractivity contribution in [3.63, 3.8) is 0 Å². The quantitative estimate of drug-likeness (QED) is 0.123. The van der Waals surface area contributed by atoms with Crippen molar-refractivity contribution in [2.75, 3.05) is 0 Å². The van der Waals surface area contributed by atoms with Gasteiger partial charge in [-0.3, -0.25) is 0 Å². The van der Waals surface area contributed by atoms with Crippen LogP contribution in [-0.2, 0) is 10.8 Å². The minimum atomic E-state index is 0.0682. The monoisotopic (exact) mass is 862 g/mol. The summed E-state index contributed by atoms with van der Waals surface area (Å²) in [6.07, 6.45) is 2.23. The van der Waals surface area contributed by atoms with Gasteiger partial charge in [0, 0.05) is 11.1 Å². The van der Waals surface area contributed by atoms with Gasteiger partial charge in [-0.15, -0.1) is 5.10 Å². The molecule has 3 nitrogen and oxygen atoms in total. The van der Waals surface area contributed by atoms with Gasteiger partial charge in [-0.1, -0.05) is 193 Å². The van der Waals surface area contributed by atoms with E-state index in [9.17, 15) is 0 Å². The van der Waals surface area contributed by atoms with Crippen molar-refractivity contribution in [1.82, 2.24) is 14.8 Å². The number of aromatic nitrogens is 3. The lowest BCUT2D eigenvalue weighted by molar-refractivity contribution is 0.283. The average molecular weight is 862 g/mol. The van der Waals surface area contributed by atoms with Gasteiger partial charge in [0.2, 0.25) is 0 Å². The highest BCUT2D eigenvalue weighted by atomic mass is 15.4. The fraction of sp³-hybridized carbons (Fsp3) is 0.387. The van der Waals surface area contributed by atoms with E-state index >= 15 is 0 Å². The second-order valence-electron chi connectivity index (χ2n) is 23.4. The van der Waals surface area contributed by atoms with Crippen LogP contribution in [0, 0.1) is 24.7 Å². The molecule has 6 aromatic carbocycles. The van der Waals surface area contributed by atoms with Crippen LogP contribution in [0.2, 0.25) is 0 Å². The summed E-state index contributed by atoms with van der Waals surface area (Å²) in [7, 11) is 0. The normalized spacial score (nSPS) is 12.7. The number of benzene rings is 6. The number of hydrogen-bond donors (Lipinski definition) is 0. The Labute approximate surface area is 392 Å². The molecule has 7 rings (SSSR count). The molecule has 7 aromatic rings. The van der Waals surface area contributed by atoms with Crippen LogP contribution in [0.1, 0.15) is 155 Å². The molecule has 0 unspecified atom stereocenters. The van der Waals surface area contributed by atoms with Gasteiger partial charge in [-0.2, -0.15) is 0 Å². The van der Waals surface area contributed by atoms with Crippen LogP contribution in [0.15, 0.2) is 127 Å². The molecule has 65 heavy (non-hydrogen) atoms. The summed E-state index contributed by atoms with van der Waals surface area (Å²) in [4.78, 5) is 5.31. The van der Waals surface area contributed by atoms with Crippen molar-refractivity contribution in [1.29, 1.82) is 0 Å². The Morgan fingerprint density at radius 2 is 0.831 bits per heavy atom. The van der Waals surface area contributed by atoms with Crippen LogP contribution in [-0.4, -0.2) is 14.8 Å². The third-order valence-corrected chi connectivity index (χ3v) is 13.0. The van der Waals surface area contributed by atoms with Crippen molar-refractivity contribution < 1.29 is 0 Å². The van der Waals surface area contributed by atoms with E-state index in [0.29, 0.717) is 0 Å². The summed E-state index contributed by atoms with van der Waals surface area (Å²) in [6, 6.07) is 48.0. The minimum absolute atomic E-state index is 0.0682. The van der Waals surface area contributed by atoms with E-state index in [2.05, 4.69) is 243 Å². The number of aryl methyl sites for hydroxylation is 2. The highest BCUT2D eigenvalue weighted by Crippen LogP contribution is 2.43. The van der Waals surface area contributed by atoms with E-state index in [1.165, 1.54) is 66.8 Å². The van der Waals surface area contributed by atoms with E-state index in [1.807, 2.05) is 0 Å². The average Bonchev–Trinajstić information content (AvgIpc) is 3.67. The van der Waals surface area contributed by atoms with Crippen LogP contribution >= 0.6 is 0 Å². The first-order valence-electron chi connectivity index (χ1n) is 24.0. The predicted octanol–water partition coefficient (Wildman–Crippen LogP) is 17.9. The van der Waals surface area contributed by atoms with Crippen LogP contribution in [0.4, 0.5) is 0 Å². The third kappa shape index (κ3) is 10.9. The molecule has 0 aliphatic rings. The summed E-state index contributed by atoms with van der Waals surface area (Å²) in [5, 5.41) is 5.40. The summed E-state index contributed by atoms with van der Waals surface area (Å²) in [5.41, 5.74) is 18.8. The maximum absolute atomic E-state index is 5.40. The molecule has 0 bridgehead atoms. The van der Waals surface area contributed by atoms with Gasteiger partial charge >= 0.3 is 0 Å². The van der Waals surface area contributed by atoms with Gasteiger partial charge < -0.3 is 0 Å². The van der Waals surface area contributed by atoms with Gasteiger partial charge in [0.15, 0.2) is 11.6 Å². The second kappa shape index (κ2) is 18.0. The minimum Gasteiger partial charge on any atom is -0.212 e. The summed E-state index contributed by atoms with van der Waals surface area (Å²) in [6.45, 7) is 37.1. The number of rotatable bonds is 12. The fourth-order valence-electron chi connectivity index (χ4n) is 10.7. The molecule has 0 aliphatic heterocycles. The molecule has 1 aromatic heterocycles. The maximum atomic E-state index is 5.40. The summed E-state index contributed by atoms with van der Waals surface area (Å²) >= 11 is 0. The van der Waals surface area contributed by atoms with Gasteiger partial charge in [0.25, 0.3) is 0 Å². The second-order valence-corrected chi connectivity index (χ2v) is 23.4. The highest BCUT2D eigenvalue weighted by Gasteiger charge is 2.29. The van der Waals surface area contributed by atoms with E-state index < -0.39 is 0 Å². The zero-order valence-corrected chi connectivity index (χ0v) is 42.5. The molecule has 0 saturated carbocycles. The molecular formula is C62H75N3. The molecule has 0 N–H and O–H groups in total. The molecule has 0 fully saturated rings. The van der Waals surface area contributed by atoms with Gasteiger partial charge in [0.05, 0.1) is 5.69 Å². The Balaban J connectivity index is 1.43. The molecule has 3 heteroatoms. The molecule has 0 saturated heterocycles. The van der Waals surface area contributed by atoms with Crippen molar-refractivity contribution >= 4 is 0 Å². The van der Waals surface area contributed by atoms with Crippen molar-refractivity contribution in [2.24, 2.45) is 10.8 Å². The molecule has 0 spiro atoms. The van der Waals surface area contributed by atoms with Crippen molar-refractivity contribution in [3.05, 3.63) is 161 Å². The fourth-order valence-corrected chi connectivity index (χ4v) is 10.7. The van der Waals surface area contributed by atoms with Gasteiger partial charge in [0.1, 0.15) is 0 Å². The largest absolute Gasteiger partial charge is 0.212 e. The standard InChI is InChI=1S/C62H75N3/c1-40(2)54-36-50(37-55(41(3)4)56(54)65-58(46-20-18-17-19-21-46)63-57(64-65)51-31-42(5)30-43(6)32-51)49-34-47(44-22-26-52(27-23-44)61(13,14)38-59(7,8)9)33-48(35-49)45-24-28-53(29-25-45)62(15,16)39-60(10,11)12/h17-37,40-41H,38-39H2,1-16H3. The Morgan fingerprint density at radius 1 is 0.431 bits per heavy atom. The Hall–Kier alpha value is -5.54. The van der Waals surface area contributed by atoms with E-state index in [1.54, 1.807) is 0 Å². The van der Waals surface area contributed by atoms with Crippen LogP contribution in [0.25, 0.3) is 61.8 Å². The van der Waals surface area contributed by atoms with Gasteiger partial charge in [-0.25, -0.2) is 9.67 Å². The number of nitrogens with zero attached hydrogens (tertiary/aromatic N) is 3. The lowest BCUT2D eigenvalue weighted by atomic mass is 9.72. The summed E-state index contributed by atoms with van der Waals surface area (Å²) in [5.74, 6) is 2.03. The Kier molecular flexibility index (Phi) is 13.2. The van der Waals surface area contributed by atoms with Gasteiger partial charge in [-0.05, 0) is 158 Å². The third-order valence-electron chi connectivity index (χ3n) is 13.0. The molecule has 0 aliphatic carbocycles. The van der Waals surface area contributed by atoms with Crippen LogP contribution in [0.5, 0.6) is 0 Å². The van der Waals surface area contributed by atoms with E-state index in [4.69, 9.17) is 10.1 Å².